The molecule has 1 atom stereocenters. The summed E-state index contributed by atoms with van der Waals surface area (Å²) in [6, 6.07) is 14.2. The van der Waals surface area contributed by atoms with Crippen molar-refractivity contribution < 1.29 is 14.3 Å². The van der Waals surface area contributed by atoms with E-state index in [-0.39, 0.29) is 24.0 Å². The number of thioether (sulfide) groups is 1. The van der Waals surface area contributed by atoms with Gasteiger partial charge in [0.25, 0.3) is 0 Å². The van der Waals surface area contributed by atoms with Gasteiger partial charge in [0.15, 0.2) is 0 Å². The smallest absolute Gasteiger partial charge is 0.234 e. The summed E-state index contributed by atoms with van der Waals surface area (Å²) >= 11 is 13.4. The molecule has 0 fully saturated rings. The van der Waals surface area contributed by atoms with Crippen molar-refractivity contribution in [1.29, 1.82) is 5.26 Å². The van der Waals surface area contributed by atoms with Crippen LogP contribution in [0, 0.1) is 11.3 Å². The van der Waals surface area contributed by atoms with Gasteiger partial charge in [-0.1, -0.05) is 41.0 Å². The van der Waals surface area contributed by atoms with E-state index < -0.39 is 5.92 Å². The molecule has 160 valence electrons. The van der Waals surface area contributed by atoms with E-state index in [1.54, 1.807) is 42.5 Å². The molecule has 0 saturated carbocycles. The predicted molar refractivity (Wildman–Crippen MR) is 123 cm³/mol. The van der Waals surface area contributed by atoms with Crippen molar-refractivity contribution in [1.82, 2.24) is 5.32 Å². The summed E-state index contributed by atoms with van der Waals surface area (Å²) < 4.78 is 5.38. The summed E-state index contributed by atoms with van der Waals surface area (Å²) in [6.45, 7) is 2.46. The summed E-state index contributed by atoms with van der Waals surface area (Å²) in [4.78, 5) is 24.6. The molecule has 0 aromatic heterocycles. The zero-order valence-electron chi connectivity index (χ0n) is 16.6. The molecule has 6 nitrogen and oxygen atoms in total. The fraction of sp³-hybridized carbons (Fsp3) is 0.227. The lowest BCUT2D eigenvalue weighted by molar-refractivity contribution is -0.121. The highest BCUT2D eigenvalue weighted by Crippen LogP contribution is 2.39. The number of rotatable bonds is 7. The van der Waals surface area contributed by atoms with E-state index >= 15 is 0 Å². The number of nitrogens with one attached hydrogen (secondary N) is 2. The third-order valence-electron chi connectivity index (χ3n) is 4.49. The van der Waals surface area contributed by atoms with Gasteiger partial charge in [0.05, 0.1) is 29.0 Å². The van der Waals surface area contributed by atoms with E-state index in [9.17, 15) is 14.9 Å². The van der Waals surface area contributed by atoms with Gasteiger partial charge in [-0.2, -0.15) is 5.26 Å². The van der Waals surface area contributed by atoms with Crippen LogP contribution in [0.1, 0.15) is 24.8 Å². The van der Waals surface area contributed by atoms with Gasteiger partial charge in [0.2, 0.25) is 11.8 Å². The van der Waals surface area contributed by atoms with E-state index in [0.717, 1.165) is 17.5 Å². The zero-order chi connectivity index (χ0) is 22.4. The maximum atomic E-state index is 12.4. The Morgan fingerprint density at radius 3 is 2.68 bits per heavy atom. The van der Waals surface area contributed by atoms with Crippen LogP contribution in [0.5, 0.6) is 5.75 Å². The number of nitriles is 1. The Morgan fingerprint density at radius 2 is 2.03 bits per heavy atom. The number of hydrogen-bond acceptors (Lipinski definition) is 5. The summed E-state index contributed by atoms with van der Waals surface area (Å²) in [7, 11) is 0. The Labute approximate surface area is 194 Å². The van der Waals surface area contributed by atoms with Crippen molar-refractivity contribution in [3.05, 3.63) is 68.7 Å². The van der Waals surface area contributed by atoms with E-state index in [2.05, 4.69) is 16.7 Å². The number of halogens is 2. The topological polar surface area (TPSA) is 91.2 Å². The van der Waals surface area contributed by atoms with Gasteiger partial charge in [0, 0.05) is 28.1 Å². The molecular weight excluding hydrogens is 457 g/mol. The van der Waals surface area contributed by atoms with Crippen LogP contribution < -0.4 is 15.4 Å². The fourth-order valence-corrected chi connectivity index (χ4v) is 4.54. The van der Waals surface area contributed by atoms with Crippen molar-refractivity contribution >= 4 is 52.5 Å². The van der Waals surface area contributed by atoms with Crippen LogP contribution in [0.4, 0.5) is 5.69 Å². The molecule has 9 heteroatoms. The van der Waals surface area contributed by atoms with Crippen LogP contribution in [0.25, 0.3) is 0 Å². The van der Waals surface area contributed by atoms with Crippen LogP contribution in [0.3, 0.4) is 0 Å². The summed E-state index contributed by atoms with van der Waals surface area (Å²) in [5.41, 5.74) is 1.64. The molecule has 2 amide bonds. The molecule has 1 aliphatic rings. The van der Waals surface area contributed by atoms with Gasteiger partial charge in [-0.25, -0.2) is 0 Å². The van der Waals surface area contributed by atoms with Crippen LogP contribution in [-0.4, -0.2) is 24.2 Å². The average Bonchev–Trinajstić information content (AvgIpc) is 2.73. The molecule has 0 radical (unpaired) electrons. The minimum absolute atomic E-state index is 0.0229. The Hall–Kier alpha value is -2.66. The number of benzene rings is 2. The molecule has 1 aliphatic heterocycles. The molecule has 0 saturated heterocycles. The molecule has 0 unspecified atom stereocenters. The van der Waals surface area contributed by atoms with Crippen LogP contribution in [-0.2, 0) is 9.59 Å². The molecule has 3 rings (SSSR count). The molecule has 2 aromatic carbocycles. The number of carbonyl (C=O) groups excluding carboxylic acids is 2. The van der Waals surface area contributed by atoms with Crippen molar-refractivity contribution in [3.63, 3.8) is 0 Å². The van der Waals surface area contributed by atoms with Gasteiger partial charge >= 0.3 is 0 Å². The van der Waals surface area contributed by atoms with E-state index in [0.29, 0.717) is 38.5 Å². The highest BCUT2D eigenvalue weighted by molar-refractivity contribution is 8.03. The monoisotopic (exact) mass is 475 g/mol. The average molecular weight is 476 g/mol. The van der Waals surface area contributed by atoms with E-state index in [1.807, 2.05) is 6.92 Å². The minimum atomic E-state index is -0.500. The first-order valence-electron chi connectivity index (χ1n) is 9.45. The number of carbonyl (C=O) groups is 2. The summed E-state index contributed by atoms with van der Waals surface area (Å²) in [6.07, 6.45) is 0.0900. The molecule has 31 heavy (non-hydrogen) atoms. The Balaban J connectivity index is 1.72. The number of amides is 2. The number of hydrogen-bond donors (Lipinski definition) is 2. The highest BCUT2D eigenvalue weighted by atomic mass is 35.5. The van der Waals surface area contributed by atoms with Crippen molar-refractivity contribution in [2.75, 3.05) is 17.7 Å². The first kappa shape index (κ1) is 23.0. The first-order chi connectivity index (χ1) is 14.9. The van der Waals surface area contributed by atoms with Crippen LogP contribution >= 0.6 is 35.0 Å². The summed E-state index contributed by atoms with van der Waals surface area (Å²) in [5.74, 6) is -0.269. The van der Waals surface area contributed by atoms with Gasteiger partial charge in [-0.3, -0.25) is 9.59 Å². The largest absolute Gasteiger partial charge is 0.494 e. The zero-order valence-corrected chi connectivity index (χ0v) is 18.9. The second-order valence-corrected chi connectivity index (χ2v) is 8.45. The standard InChI is InChI=1S/C22H19Cl2N3O3S/c1-2-30-15-6-4-14(5-7-15)26-21(29)12-31-22-18(11-25)17(10-20(28)27-22)16-8-3-13(23)9-19(16)24/h3-9,17H,2,10,12H2,1H3,(H,26,29)(H,27,28)/t17-/m1/s1. The van der Waals surface area contributed by atoms with Crippen molar-refractivity contribution in [2.24, 2.45) is 0 Å². The third-order valence-corrected chi connectivity index (χ3v) is 6.07. The molecule has 2 N–H and O–H groups in total. The maximum absolute atomic E-state index is 12.4. The highest BCUT2D eigenvalue weighted by Gasteiger charge is 2.31. The van der Waals surface area contributed by atoms with Gasteiger partial charge in [-0.15, -0.1) is 0 Å². The molecule has 2 aromatic rings. The third kappa shape index (κ3) is 5.95. The lowest BCUT2D eigenvalue weighted by Crippen LogP contribution is -2.31. The van der Waals surface area contributed by atoms with Crippen LogP contribution in [0.2, 0.25) is 10.0 Å². The Bertz CT molecular complexity index is 1060. The first-order valence-corrected chi connectivity index (χ1v) is 11.2. The van der Waals surface area contributed by atoms with Gasteiger partial charge in [0.1, 0.15) is 5.75 Å². The second kappa shape index (κ2) is 10.6. The van der Waals surface area contributed by atoms with Crippen LogP contribution in [0.15, 0.2) is 53.1 Å². The Morgan fingerprint density at radius 1 is 1.29 bits per heavy atom. The Kier molecular flexibility index (Phi) is 7.85. The fourth-order valence-electron chi connectivity index (χ4n) is 3.12. The maximum Gasteiger partial charge on any atom is 0.234 e. The second-order valence-electron chi connectivity index (χ2n) is 6.62. The van der Waals surface area contributed by atoms with E-state index in [4.69, 9.17) is 27.9 Å². The summed E-state index contributed by atoms with van der Waals surface area (Å²) in [5, 5.41) is 16.4. The van der Waals surface area contributed by atoms with Crippen molar-refractivity contribution in [3.8, 4) is 11.8 Å². The number of nitrogens with zero attached hydrogens (tertiary/aromatic N) is 1. The number of ether oxygens (including phenoxy) is 1. The number of anilines is 1. The molecule has 1 heterocycles. The number of allylic oxidation sites excluding steroid dienone is 1. The van der Waals surface area contributed by atoms with Gasteiger partial charge < -0.3 is 15.4 Å². The quantitative estimate of drug-likeness (QED) is 0.580. The SMILES string of the molecule is CCOc1ccc(NC(=O)CSC2=C(C#N)[C@@H](c3ccc(Cl)cc3Cl)CC(=O)N2)cc1. The van der Waals surface area contributed by atoms with Gasteiger partial charge in [-0.05, 0) is 48.9 Å². The predicted octanol–water partition coefficient (Wildman–Crippen LogP) is 5.10. The van der Waals surface area contributed by atoms with Crippen molar-refractivity contribution in [2.45, 2.75) is 19.3 Å². The molecule has 0 bridgehead atoms. The van der Waals surface area contributed by atoms with E-state index in [1.165, 1.54) is 0 Å². The minimum Gasteiger partial charge on any atom is -0.494 e. The molecular formula is C22H19Cl2N3O3S. The normalized spacial score (nSPS) is 15.8. The molecule has 0 spiro atoms. The lowest BCUT2D eigenvalue weighted by Gasteiger charge is -2.25. The molecule has 0 aliphatic carbocycles. The lowest BCUT2D eigenvalue weighted by atomic mass is 9.87.